The number of hydrogen-bond donors (Lipinski definition) is 4. The van der Waals surface area contributed by atoms with Crippen LogP contribution in [-0.4, -0.2) is 36.4 Å². The van der Waals surface area contributed by atoms with Crippen LogP contribution in [0.2, 0.25) is 0 Å². The average Bonchev–Trinajstić information content (AvgIpc) is 3.39. The second-order valence-electron chi connectivity index (χ2n) is 8.15. The third kappa shape index (κ3) is 4.61. The molecule has 4 N–H and O–H groups in total. The molecule has 1 aliphatic heterocycles. The van der Waals surface area contributed by atoms with Crippen molar-refractivity contribution in [1.29, 1.82) is 0 Å². The van der Waals surface area contributed by atoms with Crippen LogP contribution in [0.3, 0.4) is 0 Å². The Morgan fingerprint density at radius 1 is 1.19 bits per heavy atom. The Bertz CT molecular complexity index is 1140. The van der Waals surface area contributed by atoms with Gasteiger partial charge in [0.15, 0.2) is 11.5 Å². The first-order chi connectivity index (χ1) is 15.5. The molecule has 1 fully saturated rings. The molecule has 1 aromatic heterocycles. The summed E-state index contributed by atoms with van der Waals surface area (Å²) < 4.78 is 11.3. The van der Waals surface area contributed by atoms with E-state index in [0.717, 1.165) is 27.7 Å². The van der Waals surface area contributed by atoms with Crippen molar-refractivity contribution in [2.75, 3.05) is 7.11 Å². The number of ether oxygens (including phenoxy) is 2. The maximum absolute atomic E-state index is 12.6. The number of hydrogen-bond acceptors (Lipinski definition) is 6. The number of H-pyrrole nitrogens is 1. The Labute approximate surface area is 187 Å². The highest BCUT2D eigenvalue weighted by Gasteiger charge is 2.30. The maximum atomic E-state index is 12.6. The van der Waals surface area contributed by atoms with Crippen LogP contribution in [0.5, 0.6) is 11.5 Å². The number of carbonyl (C=O) groups is 1. The van der Waals surface area contributed by atoms with E-state index in [-0.39, 0.29) is 18.1 Å². The largest absolute Gasteiger partial charge is 0.493 e. The van der Waals surface area contributed by atoms with E-state index in [9.17, 15) is 4.79 Å². The number of carbonyl (C=O) groups excluding carboxylic acids is 1. The van der Waals surface area contributed by atoms with Gasteiger partial charge in [-0.25, -0.2) is 16.3 Å². The molecule has 0 saturated carbocycles. The number of hydrazone groups is 1. The molecule has 1 amide bonds. The second kappa shape index (κ2) is 9.42. The van der Waals surface area contributed by atoms with Crippen molar-refractivity contribution in [1.82, 2.24) is 21.3 Å². The average molecular weight is 436 g/mol. The lowest BCUT2D eigenvalue weighted by Gasteiger charge is -2.16. The third-order valence-corrected chi connectivity index (χ3v) is 5.48. The molecule has 0 aliphatic carbocycles. The Morgan fingerprint density at radius 2 is 2.00 bits per heavy atom. The number of nitrogens with zero attached hydrogens (tertiary/aromatic N) is 1. The highest BCUT2D eigenvalue weighted by molar-refractivity contribution is 6.00. The van der Waals surface area contributed by atoms with Gasteiger partial charge >= 0.3 is 0 Å². The van der Waals surface area contributed by atoms with Crippen LogP contribution < -0.4 is 25.8 Å². The predicted octanol–water partition coefficient (Wildman–Crippen LogP) is 3.33. The quantitative estimate of drug-likeness (QED) is 0.337. The zero-order chi connectivity index (χ0) is 22.7. The number of aryl methyl sites for hydroxylation is 1. The van der Waals surface area contributed by atoms with E-state index >= 15 is 0 Å². The molecule has 0 spiro atoms. The minimum Gasteiger partial charge on any atom is -0.493 e. The summed E-state index contributed by atoms with van der Waals surface area (Å²) in [5, 5.41) is 5.26. The molecular weight excluding hydrogens is 406 g/mol. The van der Waals surface area contributed by atoms with Crippen molar-refractivity contribution in [2.45, 2.75) is 45.4 Å². The summed E-state index contributed by atoms with van der Waals surface area (Å²) >= 11 is 0. The first-order valence-corrected chi connectivity index (χ1v) is 10.7. The summed E-state index contributed by atoms with van der Waals surface area (Å²) in [4.78, 5) is 15.9. The number of fused-ring (bicyclic) bond motifs is 1. The smallest absolute Gasteiger partial charge is 0.258 e. The molecule has 1 saturated heterocycles. The minimum atomic E-state index is -0.404. The summed E-state index contributed by atoms with van der Waals surface area (Å²) in [5.74, 6) is 1.18. The standard InChI is InChI=1S/C24H29N5O3/c1-14(2)32-22-10-9-16(11-23(22)31-4)20-12-21(28-27-20)24(30)29-25-13-18-15(3)26-19-8-6-5-7-17(18)19/h5-11,13-14,20-21,26-28H,12H2,1-4H3,(H,29,30)/b25-13+. The lowest BCUT2D eigenvalue weighted by atomic mass is 10.0. The number of benzene rings is 2. The van der Waals surface area contributed by atoms with Gasteiger partial charge < -0.3 is 14.5 Å². The van der Waals surface area contributed by atoms with Crippen LogP contribution in [-0.2, 0) is 4.79 Å². The molecule has 0 radical (unpaired) electrons. The van der Waals surface area contributed by atoms with Crippen LogP contribution in [0.4, 0.5) is 0 Å². The molecule has 2 heterocycles. The molecule has 2 unspecified atom stereocenters. The number of hydrazine groups is 1. The van der Waals surface area contributed by atoms with Gasteiger partial charge in [0, 0.05) is 28.2 Å². The Hall–Kier alpha value is -3.36. The molecule has 1 aliphatic rings. The van der Waals surface area contributed by atoms with Gasteiger partial charge in [0.1, 0.15) is 6.04 Å². The molecule has 4 rings (SSSR count). The van der Waals surface area contributed by atoms with E-state index < -0.39 is 6.04 Å². The summed E-state index contributed by atoms with van der Waals surface area (Å²) in [6, 6.07) is 13.4. The molecule has 8 heteroatoms. The summed E-state index contributed by atoms with van der Waals surface area (Å²) in [7, 11) is 1.62. The van der Waals surface area contributed by atoms with Gasteiger partial charge in [0.05, 0.1) is 19.4 Å². The number of nitrogens with one attached hydrogen (secondary N) is 4. The van der Waals surface area contributed by atoms with Gasteiger partial charge in [0.25, 0.3) is 5.91 Å². The van der Waals surface area contributed by atoms with Crippen LogP contribution in [0.15, 0.2) is 47.6 Å². The highest BCUT2D eigenvalue weighted by Crippen LogP contribution is 2.33. The van der Waals surface area contributed by atoms with Crippen molar-refractivity contribution < 1.29 is 14.3 Å². The van der Waals surface area contributed by atoms with E-state index in [1.807, 2.05) is 63.2 Å². The van der Waals surface area contributed by atoms with E-state index in [4.69, 9.17) is 9.47 Å². The first-order valence-electron chi connectivity index (χ1n) is 10.7. The van der Waals surface area contributed by atoms with Crippen LogP contribution in [0.1, 0.15) is 43.1 Å². The molecule has 168 valence electrons. The summed E-state index contributed by atoms with van der Waals surface area (Å²) in [6.45, 7) is 5.94. The highest BCUT2D eigenvalue weighted by atomic mass is 16.5. The predicted molar refractivity (Wildman–Crippen MR) is 125 cm³/mol. The molecule has 2 aromatic carbocycles. The van der Waals surface area contributed by atoms with Crippen LogP contribution in [0, 0.1) is 6.92 Å². The van der Waals surface area contributed by atoms with Gasteiger partial charge in [-0.1, -0.05) is 24.3 Å². The fourth-order valence-electron chi connectivity index (χ4n) is 3.90. The second-order valence-corrected chi connectivity index (χ2v) is 8.15. The summed E-state index contributed by atoms with van der Waals surface area (Å²) in [6.07, 6.45) is 2.33. The molecule has 32 heavy (non-hydrogen) atoms. The number of rotatable bonds is 7. The fraction of sp³-hybridized carbons (Fsp3) is 0.333. The fourth-order valence-corrected chi connectivity index (χ4v) is 3.90. The van der Waals surface area contributed by atoms with E-state index in [2.05, 4.69) is 26.4 Å². The zero-order valence-electron chi connectivity index (χ0n) is 18.7. The molecular formula is C24H29N5O3. The van der Waals surface area contributed by atoms with Gasteiger partial charge in [-0.2, -0.15) is 5.10 Å². The van der Waals surface area contributed by atoms with Gasteiger partial charge in [-0.15, -0.1) is 0 Å². The number of amides is 1. The third-order valence-electron chi connectivity index (χ3n) is 5.48. The van der Waals surface area contributed by atoms with Gasteiger partial charge in [0.2, 0.25) is 0 Å². The van der Waals surface area contributed by atoms with Crippen molar-refractivity contribution in [3.05, 3.63) is 59.3 Å². The monoisotopic (exact) mass is 435 g/mol. The number of para-hydroxylation sites is 1. The van der Waals surface area contributed by atoms with Crippen molar-refractivity contribution >= 4 is 23.0 Å². The van der Waals surface area contributed by atoms with E-state index in [1.165, 1.54) is 0 Å². The first kappa shape index (κ1) is 21.9. The molecule has 8 nitrogen and oxygen atoms in total. The van der Waals surface area contributed by atoms with E-state index in [0.29, 0.717) is 17.9 Å². The Morgan fingerprint density at radius 3 is 2.78 bits per heavy atom. The lowest BCUT2D eigenvalue weighted by molar-refractivity contribution is -0.122. The normalized spacial score (nSPS) is 18.5. The van der Waals surface area contributed by atoms with Crippen molar-refractivity contribution in [2.24, 2.45) is 5.10 Å². The molecule has 3 aromatic rings. The van der Waals surface area contributed by atoms with Crippen molar-refractivity contribution in [3.8, 4) is 11.5 Å². The Balaban J connectivity index is 1.38. The van der Waals surface area contributed by atoms with Crippen LogP contribution >= 0.6 is 0 Å². The topological polar surface area (TPSA) is 99.8 Å². The van der Waals surface area contributed by atoms with E-state index in [1.54, 1.807) is 13.3 Å². The molecule has 2 atom stereocenters. The van der Waals surface area contributed by atoms with Crippen LogP contribution in [0.25, 0.3) is 10.9 Å². The lowest BCUT2D eigenvalue weighted by Crippen LogP contribution is -2.41. The maximum Gasteiger partial charge on any atom is 0.258 e. The minimum absolute atomic E-state index is 0.0346. The van der Waals surface area contributed by atoms with Gasteiger partial charge in [-0.3, -0.25) is 4.79 Å². The number of methoxy groups -OCH3 is 1. The van der Waals surface area contributed by atoms with Gasteiger partial charge in [-0.05, 0) is 51.0 Å². The summed E-state index contributed by atoms with van der Waals surface area (Å²) in [5.41, 5.74) is 12.9. The number of aromatic nitrogens is 1. The number of aromatic amines is 1. The SMILES string of the molecule is COc1cc(C2CC(C(=O)N/N=C/c3c(C)[nH]c4ccccc34)NN2)ccc1OC(C)C. The zero-order valence-corrected chi connectivity index (χ0v) is 18.7. The van der Waals surface area contributed by atoms with Crippen molar-refractivity contribution in [3.63, 3.8) is 0 Å². The molecule has 0 bridgehead atoms. The Kier molecular flexibility index (Phi) is 6.43.